The highest BCUT2D eigenvalue weighted by molar-refractivity contribution is 5.44. The van der Waals surface area contributed by atoms with Crippen LogP contribution in [0.1, 0.15) is 87.5 Å². The molecule has 0 fully saturated rings. The molecule has 0 unspecified atom stereocenters. The molecule has 2 N–H and O–H groups in total. The average Bonchev–Trinajstić information content (AvgIpc) is 2.67. The van der Waals surface area contributed by atoms with Crippen LogP contribution < -0.4 is 0 Å². The Morgan fingerprint density at radius 3 is 1.44 bits per heavy atom. The summed E-state index contributed by atoms with van der Waals surface area (Å²) >= 11 is 0. The van der Waals surface area contributed by atoms with Crippen molar-refractivity contribution >= 4 is 0 Å². The van der Waals surface area contributed by atoms with E-state index in [9.17, 15) is 10.2 Å². The Labute approximate surface area is 165 Å². The van der Waals surface area contributed by atoms with Gasteiger partial charge in [-0.1, -0.05) is 76.6 Å². The third-order valence-electron chi connectivity index (χ3n) is 5.31. The molecule has 0 bridgehead atoms. The Morgan fingerprint density at radius 1 is 0.593 bits per heavy atom. The fourth-order valence-corrected chi connectivity index (χ4v) is 3.59. The maximum atomic E-state index is 10.3. The molecule has 2 rings (SSSR count). The molecule has 0 aliphatic heterocycles. The minimum absolute atomic E-state index is 0.319. The first-order chi connectivity index (χ1) is 13.1. The Kier molecular flexibility index (Phi) is 9.24. The molecule has 2 aromatic rings. The molecule has 0 spiro atoms. The zero-order valence-electron chi connectivity index (χ0n) is 17.1. The zero-order chi connectivity index (χ0) is 19.5. The summed E-state index contributed by atoms with van der Waals surface area (Å²) in [5.41, 5.74) is 4.35. The fourth-order valence-electron chi connectivity index (χ4n) is 3.59. The summed E-state index contributed by atoms with van der Waals surface area (Å²) in [7, 11) is 0. The van der Waals surface area contributed by atoms with Crippen molar-refractivity contribution in [2.75, 3.05) is 0 Å². The molecule has 0 saturated carbocycles. The van der Waals surface area contributed by atoms with Crippen molar-refractivity contribution in [3.63, 3.8) is 0 Å². The Morgan fingerprint density at radius 2 is 1.04 bits per heavy atom. The predicted molar refractivity (Wildman–Crippen MR) is 115 cm³/mol. The van der Waals surface area contributed by atoms with Gasteiger partial charge in [0.05, 0.1) is 0 Å². The van der Waals surface area contributed by atoms with Crippen LogP contribution in [-0.2, 0) is 19.3 Å². The van der Waals surface area contributed by atoms with Crippen LogP contribution in [0.2, 0.25) is 0 Å². The lowest BCUT2D eigenvalue weighted by Crippen LogP contribution is -1.95. The molecular formula is C25H36O2. The zero-order valence-corrected chi connectivity index (χ0v) is 17.1. The Balaban J connectivity index is 2.04. The molecule has 27 heavy (non-hydrogen) atoms. The van der Waals surface area contributed by atoms with Crippen molar-refractivity contribution in [3.8, 4) is 11.5 Å². The van der Waals surface area contributed by atoms with Crippen LogP contribution in [0.3, 0.4) is 0 Å². The molecule has 0 radical (unpaired) electrons. The third-order valence-corrected chi connectivity index (χ3v) is 5.31. The smallest absolute Gasteiger partial charge is 0.119 e. The van der Waals surface area contributed by atoms with Gasteiger partial charge in [-0.15, -0.1) is 0 Å². The SMILES string of the molecule is CCCCCCc1ccc(O)c(Cc2cc(CCCCCC)ccc2O)c1. The number of aryl methyl sites for hydroxylation is 2. The molecular weight excluding hydrogens is 332 g/mol. The second-order valence-electron chi connectivity index (χ2n) is 7.72. The number of hydrogen-bond acceptors (Lipinski definition) is 2. The quantitative estimate of drug-likeness (QED) is 0.399. The van der Waals surface area contributed by atoms with Crippen LogP contribution in [0.25, 0.3) is 0 Å². The summed E-state index contributed by atoms with van der Waals surface area (Å²) in [4.78, 5) is 0. The molecule has 0 heterocycles. The fraction of sp³-hybridized carbons (Fsp3) is 0.520. The molecule has 0 saturated heterocycles. The Hall–Kier alpha value is -1.96. The summed E-state index contributed by atoms with van der Waals surface area (Å²) < 4.78 is 0. The summed E-state index contributed by atoms with van der Waals surface area (Å²) in [5.74, 6) is 0.639. The van der Waals surface area contributed by atoms with Crippen LogP contribution in [0.4, 0.5) is 0 Å². The largest absolute Gasteiger partial charge is 0.508 e. The van der Waals surface area contributed by atoms with E-state index in [4.69, 9.17) is 0 Å². The number of unbranched alkanes of at least 4 members (excludes halogenated alkanes) is 6. The molecule has 2 heteroatoms. The van der Waals surface area contributed by atoms with Gasteiger partial charge in [-0.3, -0.25) is 0 Å². The van der Waals surface area contributed by atoms with Gasteiger partial charge in [0.25, 0.3) is 0 Å². The predicted octanol–water partition coefficient (Wildman–Crippen LogP) is 6.93. The van der Waals surface area contributed by atoms with Crippen LogP contribution in [0, 0.1) is 0 Å². The summed E-state index contributed by atoms with van der Waals surface area (Å²) in [6.07, 6.45) is 12.6. The molecule has 0 aliphatic carbocycles. The van der Waals surface area contributed by atoms with Gasteiger partial charge in [0.2, 0.25) is 0 Å². The summed E-state index contributed by atoms with van der Waals surface area (Å²) in [5, 5.41) is 20.6. The molecule has 0 atom stereocenters. The van der Waals surface area contributed by atoms with E-state index in [0.29, 0.717) is 17.9 Å². The molecule has 0 aromatic heterocycles. The van der Waals surface area contributed by atoms with Crippen molar-refractivity contribution in [2.24, 2.45) is 0 Å². The van der Waals surface area contributed by atoms with Crippen LogP contribution in [0.5, 0.6) is 11.5 Å². The number of phenolic OH excluding ortho intramolecular Hbond substituents is 2. The molecule has 2 aromatic carbocycles. The second kappa shape index (κ2) is 11.7. The van der Waals surface area contributed by atoms with Crippen LogP contribution in [0.15, 0.2) is 36.4 Å². The minimum Gasteiger partial charge on any atom is -0.508 e. The molecule has 148 valence electrons. The highest BCUT2D eigenvalue weighted by Gasteiger charge is 2.09. The first-order valence-electron chi connectivity index (χ1n) is 10.8. The number of benzene rings is 2. The molecule has 0 aliphatic rings. The maximum absolute atomic E-state index is 10.3. The van der Waals surface area contributed by atoms with Gasteiger partial charge in [0, 0.05) is 6.42 Å². The van der Waals surface area contributed by atoms with E-state index in [1.807, 2.05) is 12.1 Å². The first-order valence-corrected chi connectivity index (χ1v) is 10.8. The van der Waals surface area contributed by atoms with Gasteiger partial charge in [-0.2, -0.15) is 0 Å². The topological polar surface area (TPSA) is 40.5 Å². The lowest BCUT2D eigenvalue weighted by Gasteiger charge is -2.11. The van der Waals surface area contributed by atoms with Gasteiger partial charge >= 0.3 is 0 Å². The van der Waals surface area contributed by atoms with Crippen LogP contribution >= 0.6 is 0 Å². The average molecular weight is 369 g/mol. The van der Waals surface area contributed by atoms with E-state index in [-0.39, 0.29) is 0 Å². The summed E-state index contributed by atoms with van der Waals surface area (Å²) in [6, 6.07) is 11.9. The van der Waals surface area contributed by atoms with Crippen LogP contribution in [-0.4, -0.2) is 10.2 Å². The monoisotopic (exact) mass is 368 g/mol. The van der Waals surface area contributed by atoms with E-state index in [2.05, 4.69) is 26.0 Å². The van der Waals surface area contributed by atoms with Crippen molar-refractivity contribution in [2.45, 2.75) is 84.5 Å². The third kappa shape index (κ3) is 7.28. The van der Waals surface area contributed by atoms with E-state index >= 15 is 0 Å². The summed E-state index contributed by atoms with van der Waals surface area (Å²) in [6.45, 7) is 4.45. The number of rotatable bonds is 12. The normalized spacial score (nSPS) is 11.0. The van der Waals surface area contributed by atoms with Gasteiger partial charge in [0.15, 0.2) is 0 Å². The first kappa shape index (κ1) is 21.3. The van der Waals surface area contributed by atoms with Gasteiger partial charge in [-0.25, -0.2) is 0 Å². The van der Waals surface area contributed by atoms with E-state index in [1.165, 1.54) is 62.5 Å². The van der Waals surface area contributed by atoms with Crippen molar-refractivity contribution < 1.29 is 10.2 Å². The van der Waals surface area contributed by atoms with Crippen molar-refractivity contribution in [1.82, 2.24) is 0 Å². The number of phenols is 2. The lowest BCUT2D eigenvalue weighted by atomic mass is 9.96. The van der Waals surface area contributed by atoms with Crippen molar-refractivity contribution in [1.29, 1.82) is 0 Å². The highest BCUT2D eigenvalue weighted by atomic mass is 16.3. The van der Waals surface area contributed by atoms with Gasteiger partial charge in [-0.05, 0) is 60.1 Å². The van der Waals surface area contributed by atoms with Crippen molar-refractivity contribution in [3.05, 3.63) is 58.7 Å². The van der Waals surface area contributed by atoms with Gasteiger partial charge < -0.3 is 10.2 Å². The second-order valence-corrected chi connectivity index (χ2v) is 7.72. The number of aromatic hydroxyl groups is 2. The van der Waals surface area contributed by atoms with Gasteiger partial charge in [0.1, 0.15) is 11.5 Å². The van der Waals surface area contributed by atoms with E-state index < -0.39 is 0 Å². The Bertz CT molecular complexity index is 631. The highest BCUT2D eigenvalue weighted by Crippen LogP contribution is 2.28. The standard InChI is InChI=1S/C25H36O2/c1-3-5-7-9-11-20-13-15-24(26)22(17-20)19-23-18-21(14-16-25(23)27)12-10-8-6-4-2/h13-18,26-27H,3-12,19H2,1-2H3. The molecule has 2 nitrogen and oxygen atoms in total. The van der Waals surface area contributed by atoms with E-state index in [1.54, 1.807) is 12.1 Å². The maximum Gasteiger partial charge on any atom is 0.119 e. The lowest BCUT2D eigenvalue weighted by molar-refractivity contribution is 0.462. The van der Waals surface area contributed by atoms with E-state index in [0.717, 1.165) is 24.0 Å². The molecule has 0 amide bonds. The number of hydrogen-bond donors (Lipinski definition) is 2. The minimum atomic E-state index is 0.319.